The van der Waals surface area contributed by atoms with Crippen LogP contribution in [0.25, 0.3) is 10.2 Å². The van der Waals surface area contributed by atoms with Crippen LogP contribution in [0.15, 0.2) is 47.6 Å². The van der Waals surface area contributed by atoms with Gasteiger partial charge in [0.05, 0.1) is 15.1 Å². The molecule has 0 aliphatic rings. The van der Waals surface area contributed by atoms with Gasteiger partial charge < -0.3 is 5.32 Å². The van der Waals surface area contributed by atoms with Gasteiger partial charge in [-0.3, -0.25) is 10.3 Å². The molecular weight excluding hydrogens is 336 g/mol. The first-order valence-electron chi connectivity index (χ1n) is 6.50. The monoisotopic (exact) mass is 348 g/mol. The number of nitrogens with zero attached hydrogens (tertiary/aromatic N) is 2. The number of amides is 2. The molecule has 0 radical (unpaired) electrons. The van der Waals surface area contributed by atoms with Gasteiger partial charge in [0.2, 0.25) is 0 Å². The third kappa shape index (κ3) is 3.63. The van der Waals surface area contributed by atoms with E-state index in [4.69, 9.17) is 0 Å². The topological polar surface area (TPSA) is 101 Å². The summed E-state index contributed by atoms with van der Waals surface area (Å²) in [5.74, 6) is 0. The smallest absolute Gasteiger partial charge is 0.308 e. The Morgan fingerprint density at radius 2 is 1.87 bits per heavy atom. The van der Waals surface area contributed by atoms with E-state index in [0.29, 0.717) is 21.0 Å². The second-order valence-corrected chi connectivity index (χ2v) is 7.78. The van der Waals surface area contributed by atoms with Crippen LogP contribution in [0, 0.1) is 0 Å². The minimum absolute atomic E-state index is 0.224. The Labute approximate surface area is 136 Å². The van der Waals surface area contributed by atoms with Crippen molar-refractivity contribution in [2.75, 3.05) is 16.9 Å². The van der Waals surface area contributed by atoms with Gasteiger partial charge in [-0.05, 0) is 30.3 Å². The predicted octanol–water partition coefficient (Wildman–Crippen LogP) is 2.74. The van der Waals surface area contributed by atoms with Gasteiger partial charge in [0.25, 0.3) is 0 Å². The van der Waals surface area contributed by atoms with Crippen LogP contribution in [0.5, 0.6) is 0 Å². The van der Waals surface area contributed by atoms with Gasteiger partial charge in [0.15, 0.2) is 15.0 Å². The number of nitrogens with one attached hydrogen (secondary N) is 2. The fourth-order valence-corrected chi connectivity index (χ4v) is 3.51. The highest BCUT2D eigenvalue weighted by molar-refractivity contribution is 7.90. The average molecular weight is 348 g/mol. The maximum absolute atomic E-state index is 11.9. The molecule has 0 bridgehead atoms. The molecule has 23 heavy (non-hydrogen) atoms. The number of sulfone groups is 1. The molecule has 3 aromatic rings. The zero-order valence-electron chi connectivity index (χ0n) is 12.0. The van der Waals surface area contributed by atoms with Crippen LogP contribution in [0.2, 0.25) is 0 Å². The number of carbonyl (C=O) groups excluding carboxylic acids is 1. The molecule has 9 heteroatoms. The summed E-state index contributed by atoms with van der Waals surface area (Å²) < 4.78 is 23.8. The van der Waals surface area contributed by atoms with Crippen molar-refractivity contribution in [1.29, 1.82) is 0 Å². The maximum Gasteiger partial charge on any atom is 0.325 e. The van der Waals surface area contributed by atoms with Crippen molar-refractivity contribution in [3.63, 3.8) is 0 Å². The van der Waals surface area contributed by atoms with E-state index < -0.39 is 15.9 Å². The van der Waals surface area contributed by atoms with Crippen LogP contribution in [-0.2, 0) is 9.84 Å². The Kier molecular flexibility index (Phi) is 3.97. The van der Waals surface area contributed by atoms with E-state index in [9.17, 15) is 13.2 Å². The van der Waals surface area contributed by atoms with E-state index >= 15 is 0 Å². The first-order valence-corrected chi connectivity index (χ1v) is 9.21. The van der Waals surface area contributed by atoms with E-state index in [-0.39, 0.29) is 4.90 Å². The van der Waals surface area contributed by atoms with Gasteiger partial charge in [-0.2, -0.15) is 0 Å². The third-order valence-electron chi connectivity index (χ3n) is 2.95. The molecule has 2 amide bonds. The summed E-state index contributed by atoms with van der Waals surface area (Å²) >= 11 is 1.21. The molecule has 0 aliphatic heterocycles. The number of anilines is 2. The summed E-state index contributed by atoms with van der Waals surface area (Å²) in [7, 11) is -3.28. The minimum Gasteiger partial charge on any atom is -0.308 e. The Morgan fingerprint density at radius 1 is 1.13 bits per heavy atom. The molecule has 0 unspecified atom stereocenters. The number of hydrogen-bond acceptors (Lipinski definition) is 6. The number of pyridine rings is 1. The lowest BCUT2D eigenvalue weighted by atomic mass is 10.3. The molecule has 0 aliphatic carbocycles. The zero-order chi connectivity index (χ0) is 16.4. The van der Waals surface area contributed by atoms with Crippen molar-refractivity contribution in [2.24, 2.45) is 0 Å². The van der Waals surface area contributed by atoms with Crippen molar-refractivity contribution in [3.8, 4) is 0 Å². The highest BCUT2D eigenvalue weighted by Crippen LogP contribution is 2.28. The second-order valence-electron chi connectivity index (χ2n) is 4.74. The number of aromatic nitrogens is 2. The van der Waals surface area contributed by atoms with E-state index in [2.05, 4.69) is 20.6 Å². The van der Waals surface area contributed by atoms with E-state index in [1.807, 2.05) is 0 Å². The zero-order valence-corrected chi connectivity index (χ0v) is 13.6. The number of fused-ring (bicyclic) bond motifs is 1. The van der Waals surface area contributed by atoms with Crippen LogP contribution in [0.3, 0.4) is 0 Å². The first-order chi connectivity index (χ1) is 10.9. The van der Waals surface area contributed by atoms with Gasteiger partial charge in [0, 0.05) is 24.3 Å². The molecule has 2 N–H and O–H groups in total. The van der Waals surface area contributed by atoms with Gasteiger partial charge in [0.1, 0.15) is 0 Å². The molecule has 2 heterocycles. The van der Waals surface area contributed by atoms with Crippen LogP contribution in [0.4, 0.5) is 15.6 Å². The third-order valence-corrected chi connectivity index (χ3v) is 4.99. The highest BCUT2D eigenvalue weighted by Gasteiger charge is 2.12. The maximum atomic E-state index is 11.9. The van der Waals surface area contributed by atoms with Gasteiger partial charge >= 0.3 is 6.03 Å². The van der Waals surface area contributed by atoms with Gasteiger partial charge in [-0.15, -0.1) is 0 Å². The molecule has 0 spiro atoms. The lowest BCUT2D eigenvalue weighted by Crippen LogP contribution is -2.19. The second kappa shape index (κ2) is 5.94. The summed E-state index contributed by atoms with van der Waals surface area (Å²) in [6.45, 7) is 0. The molecule has 0 fully saturated rings. The van der Waals surface area contributed by atoms with E-state index in [1.54, 1.807) is 36.7 Å². The number of rotatable bonds is 3. The SMILES string of the molecule is CS(=O)(=O)c1ccc2nc(NC(=O)Nc3ccncc3)sc2c1. The van der Waals surface area contributed by atoms with Crippen molar-refractivity contribution in [3.05, 3.63) is 42.7 Å². The average Bonchev–Trinajstić information content (AvgIpc) is 2.88. The van der Waals surface area contributed by atoms with Crippen LogP contribution < -0.4 is 10.6 Å². The Balaban J connectivity index is 1.79. The van der Waals surface area contributed by atoms with Crippen molar-refractivity contribution >= 4 is 48.2 Å². The van der Waals surface area contributed by atoms with Crippen molar-refractivity contribution in [2.45, 2.75) is 4.90 Å². The number of carbonyl (C=O) groups is 1. The molecule has 0 atom stereocenters. The first kappa shape index (κ1) is 15.4. The molecular formula is C14H12N4O3S2. The molecule has 1 aromatic carbocycles. The lowest BCUT2D eigenvalue weighted by Gasteiger charge is -2.03. The standard InChI is InChI=1S/C14H12N4O3S2/c1-23(20,21)10-2-3-11-12(8-10)22-14(17-11)18-13(19)16-9-4-6-15-7-5-9/h2-8H,1H3,(H2,15,16,17,18,19). The number of thiazole rings is 1. The molecule has 0 saturated heterocycles. The summed E-state index contributed by atoms with van der Waals surface area (Å²) in [5.41, 5.74) is 1.24. The van der Waals surface area contributed by atoms with Crippen molar-refractivity contribution in [1.82, 2.24) is 9.97 Å². The number of hydrogen-bond donors (Lipinski definition) is 2. The Morgan fingerprint density at radius 3 is 2.57 bits per heavy atom. The van der Waals surface area contributed by atoms with Crippen LogP contribution in [0.1, 0.15) is 0 Å². The molecule has 3 rings (SSSR count). The Bertz CT molecular complexity index is 968. The van der Waals surface area contributed by atoms with Crippen LogP contribution >= 0.6 is 11.3 Å². The summed E-state index contributed by atoms with van der Waals surface area (Å²) in [6, 6.07) is 7.56. The number of urea groups is 1. The quantitative estimate of drug-likeness (QED) is 0.758. The van der Waals surface area contributed by atoms with Gasteiger partial charge in [-0.1, -0.05) is 11.3 Å². The fraction of sp³-hybridized carbons (Fsp3) is 0.0714. The molecule has 2 aromatic heterocycles. The van der Waals surface area contributed by atoms with E-state index in [0.717, 1.165) is 6.26 Å². The summed E-state index contributed by atoms with van der Waals surface area (Å²) in [5, 5.41) is 5.66. The molecule has 7 nitrogen and oxygen atoms in total. The lowest BCUT2D eigenvalue weighted by molar-refractivity contribution is 0.262. The van der Waals surface area contributed by atoms with E-state index in [1.165, 1.54) is 17.4 Å². The van der Waals surface area contributed by atoms with Crippen molar-refractivity contribution < 1.29 is 13.2 Å². The highest BCUT2D eigenvalue weighted by atomic mass is 32.2. The number of benzene rings is 1. The fourth-order valence-electron chi connectivity index (χ4n) is 1.88. The molecule has 118 valence electrons. The minimum atomic E-state index is -3.28. The molecule has 0 saturated carbocycles. The van der Waals surface area contributed by atoms with Crippen LogP contribution in [-0.4, -0.2) is 30.7 Å². The van der Waals surface area contributed by atoms with Gasteiger partial charge in [-0.25, -0.2) is 18.2 Å². The summed E-state index contributed by atoms with van der Waals surface area (Å²) in [4.78, 5) is 20.3. The summed E-state index contributed by atoms with van der Waals surface area (Å²) in [6.07, 6.45) is 4.29. The predicted molar refractivity (Wildman–Crippen MR) is 89.6 cm³/mol. The Hall–Kier alpha value is -2.52. The largest absolute Gasteiger partial charge is 0.325 e. The normalized spacial score (nSPS) is 11.3.